The zero-order valence-electron chi connectivity index (χ0n) is 14.9. The van der Waals surface area contributed by atoms with Gasteiger partial charge in [-0.3, -0.25) is 10.1 Å². The Morgan fingerprint density at radius 2 is 1.93 bits per heavy atom. The highest BCUT2D eigenvalue weighted by atomic mass is 127. The lowest BCUT2D eigenvalue weighted by molar-refractivity contribution is -0.384. The third-order valence-corrected chi connectivity index (χ3v) is 3.75. The molecule has 0 saturated heterocycles. The Morgan fingerprint density at radius 3 is 2.56 bits per heavy atom. The first-order valence-electron chi connectivity index (χ1n) is 8.07. The van der Waals surface area contributed by atoms with Crippen LogP contribution in [0.2, 0.25) is 5.02 Å². The zero-order chi connectivity index (χ0) is 18.8. The molecule has 0 aliphatic heterocycles. The molecule has 0 aromatic heterocycles. The number of nitro benzene ring substituents is 1. The van der Waals surface area contributed by atoms with Crippen LogP contribution in [0.25, 0.3) is 0 Å². The molecule has 0 atom stereocenters. The third kappa shape index (κ3) is 8.55. The fourth-order valence-corrected chi connectivity index (χ4v) is 2.39. The van der Waals surface area contributed by atoms with Crippen molar-refractivity contribution in [3.8, 4) is 0 Å². The number of halogens is 2. The topological polar surface area (TPSA) is 88.8 Å². The molecule has 0 aliphatic rings. The normalized spacial score (nSPS) is 10.8. The van der Waals surface area contributed by atoms with E-state index in [1.807, 2.05) is 24.3 Å². The summed E-state index contributed by atoms with van der Waals surface area (Å²) in [5.41, 5.74) is 1.99. The first kappa shape index (κ1) is 23.1. The van der Waals surface area contributed by atoms with Crippen molar-refractivity contribution in [2.45, 2.75) is 13.1 Å². The number of nitrogens with zero attached hydrogens (tertiary/aromatic N) is 2. The maximum absolute atomic E-state index is 10.7. The van der Waals surface area contributed by atoms with E-state index in [9.17, 15) is 10.1 Å². The van der Waals surface area contributed by atoms with E-state index in [2.05, 4.69) is 15.6 Å². The van der Waals surface area contributed by atoms with Gasteiger partial charge in [-0.15, -0.1) is 24.0 Å². The number of nitro groups is 1. The molecule has 0 fully saturated rings. The number of benzene rings is 2. The molecule has 0 spiro atoms. The molecular weight excluding hydrogens is 483 g/mol. The van der Waals surface area contributed by atoms with Crippen LogP contribution in [0.5, 0.6) is 0 Å². The van der Waals surface area contributed by atoms with Gasteiger partial charge < -0.3 is 15.4 Å². The SMILES string of the molecule is COCCNC(=NCc1cccc(Cl)c1)NCc1ccc([N+](=O)[O-])cc1.I. The molecule has 0 amide bonds. The van der Waals surface area contributed by atoms with E-state index in [0.29, 0.717) is 37.2 Å². The zero-order valence-corrected chi connectivity index (χ0v) is 17.9. The monoisotopic (exact) mass is 504 g/mol. The number of non-ortho nitro benzene ring substituents is 1. The number of hydrogen-bond acceptors (Lipinski definition) is 4. The van der Waals surface area contributed by atoms with Gasteiger partial charge in [-0.05, 0) is 23.3 Å². The van der Waals surface area contributed by atoms with Crippen LogP contribution in [0.1, 0.15) is 11.1 Å². The van der Waals surface area contributed by atoms with E-state index >= 15 is 0 Å². The highest BCUT2D eigenvalue weighted by Crippen LogP contribution is 2.12. The molecule has 27 heavy (non-hydrogen) atoms. The molecule has 0 unspecified atom stereocenters. The van der Waals surface area contributed by atoms with Crippen LogP contribution in [-0.4, -0.2) is 31.1 Å². The van der Waals surface area contributed by atoms with E-state index in [0.717, 1.165) is 11.1 Å². The summed E-state index contributed by atoms with van der Waals surface area (Å²) < 4.78 is 5.04. The maximum Gasteiger partial charge on any atom is 0.269 e. The van der Waals surface area contributed by atoms with Crippen molar-refractivity contribution in [3.05, 3.63) is 74.8 Å². The Kier molecular flexibility index (Phi) is 10.7. The van der Waals surface area contributed by atoms with Crippen LogP contribution >= 0.6 is 35.6 Å². The largest absolute Gasteiger partial charge is 0.383 e. The van der Waals surface area contributed by atoms with Crippen LogP contribution in [0.3, 0.4) is 0 Å². The second-order valence-electron chi connectivity index (χ2n) is 5.49. The van der Waals surface area contributed by atoms with Gasteiger partial charge in [0.25, 0.3) is 5.69 Å². The predicted octanol–water partition coefficient (Wildman–Crippen LogP) is 3.75. The molecule has 9 heteroatoms. The quantitative estimate of drug-likeness (QED) is 0.143. The highest BCUT2D eigenvalue weighted by molar-refractivity contribution is 14.0. The van der Waals surface area contributed by atoms with E-state index in [1.54, 1.807) is 19.2 Å². The van der Waals surface area contributed by atoms with Crippen molar-refractivity contribution in [1.29, 1.82) is 0 Å². The molecule has 2 aromatic carbocycles. The number of aliphatic imine (C=N–C) groups is 1. The fourth-order valence-electron chi connectivity index (χ4n) is 2.17. The second kappa shape index (κ2) is 12.5. The summed E-state index contributed by atoms with van der Waals surface area (Å²) in [6, 6.07) is 13.9. The Morgan fingerprint density at radius 1 is 1.19 bits per heavy atom. The van der Waals surface area contributed by atoms with Gasteiger partial charge in [0.2, 0.25) is 0 Å². The number of hydrogen-bond donors (Lipinski definition) is 2. The van der Waals surface area contributed by atoms with E-state index < -0.39 is 4.92 Å². The maximum atomic E-state index is 10.7. The van der Waals surface area contributed by atoms with Gasteiger partial charge in [0, 0.05) is 37.4 Å². The van der Waals surface area contributed by atoms with Crippen molar-refractivity contribution < 1.29 is 9.66 Å². The molecule has 146 valence electrons. The first-order valence-corrected chi connectivity index (χ1v) is 8.45. The number of methoxy groups -OCH3 is 1. The molecule has 2 N–H and O–H groups in total. The van der Waals surface area contributed by atoms with Crippen LogP contribution in [-0.2, 0) is 17.8 Å². The highest BCUT2D eigenvalue weighted by Gasteiger charge is 2.05. The number of ether oxygens (including phenoxy) is 1. The molecule has 0 bridgehead atoms. The van der Waals surface area contributed by atoms with Gasteiger partial charge in [-0.25, -0.2) is 4.99 Å². The van der Waals surface area contributed by atoms with Gasteiger partial charge in [-0.2, -0.15) is 0 Å². The van der Waals surface area contributed by atoms with E-state index in [4.69, 9.17) is 16.3 Å². The van der Waals surface area contributed by atoms with Gasteiger partial charge in [-0.1, -0.05) is 35.9 Å². The third-order valence-electron chi connectivity index (χ3n) is 3.51. The lowest BCUT2D eigenvalue weighted by atomic mass is 10.2. The predicted molar refractivity (Wildman–Crippen MR) is 118 cm³/mol. The Bertz CT molecular complexity index is 757. The van der Waals surface area contributed by atoms with Gasteiger partial charge in [0.05, 0.1) is 18.1 Å². The Hall–Kier alpha value is -1.91. The molecule has 0 saturated carbocycles. The molecular formula is C18H22ClIN4O3. The van der Waals surface area contributed by atoms with E-state index in [-0.39, 0.29) is 29.7 Å². The van der Waals surface area contributed by atoms with Crippen LogP contribution in [0.15, 0.2) is 53.5 Å². The first-order chi connectivity index (χ1) is 12.6. The van der Waals surface area contributed by atoms with Crippen molar-refractivity contribution in [2.24, 2.45) is 4.99 Å². The summed E-state index contributed by atoms with van der Waals surface area (Å²) in [7, 11) is 1.63. The van der Waals surface area contributed by atoms with Gasteiger partial charge >= 0.3 is 0 Å². The summed E-state index contributed by atoms with van der Waals surface area (Å²) >= 11 is 5.99. The summed E-state index contributed by atoms with van der Waals surface area (Å²) in [6.45, 7) is 2.13. The van der Waals surface area contributed by atoms with Gasteiger partial charge in [0.15, 0.2) is 5.96 Å². The fraction of sp³-hybridized carbons (Fsp3) is 0.278. The number of nitrogens with one attached hydrogen (secondary N) is 2. The lowest BCUT2D eigenvalue weighted by Gasteiger charge is -2.12. The van der Waals surface area contributed by atoms with Gasteiger partial charge in [0.1, 0.15) is 0 Å². The number of guanidine groups is 1. The average molecular weight is 505 g/mol. The molecule has 2 aromatic rings. The van der Waals surface area contributed by atoms with Crippen molar-refractivity contribution in [2.75, 3.05) is 20.3 Å². The van der Waals surface area contributed by atoms with Crippen LogP contribution in [0, 0.1) is 10.1 Å². The molecule has 0 radical (unpaired) electrons. The molecule has 0 heterocycles. The van der Waals surface area contributed by atoms with Crippen molar-refractivity contribution in [3.63, 3.8) is 0 Å². The Labute approximate surface area is 180 Å². The Balaban J connectivity index is 0.00000364. The summed E-state index contributed by atoms with van der Waals surface area (Å²) in [6.07, 6.45) is 0. The summed E-state index contributed by atoms with van der Waals surface area (Å²) in [5, 5.41) is 17.8. The minimum absolute atomic E-state index is 0. The van der Waals surface area contributed by atoms with Crippen LogP contribution in [0.4, 0.5) is 5.69 Å². The van der Waals surface area contributed by atoms with Crippen LogP contribution < -0.4 is 10.6 Å². The molecule has 2 rings (SSSR count). The van der Waals surface area contributed by atoms with E-state index in [1.165, 1.54) is 12.1 Å². The number of rotatable bonds is 8. The van der Waals surface area contributed by atoms with Crippen molar-refractivity contribution >= 4 is 47.2 Å². The summed E-state index contributed by atoms with van der Waals surface area (Å²) in [4.78, 5) is 14.8. The summed E-state index contributed by atoms with van der Waals surface area (Å²) in [5.74, 6) is 0.625. The standard InChI is InChI=1S/C18H21ClN4O3.HI/c1-26-10-9-20-18(22-13-15-3-2-4-16(19)11-15)21-12-14-5-7-17(8-6-14)23(24)25;/h2-8,11H,9-10,12-13H2,1H3,(H2,20,21,22);1H. The molecule has 7 nitrogen and oxygen atoms in total. The smallest absolute Gasteiger partial charge is 0.269 e. The minimum atomic E-state index is -0.415. The minimum Gasteiger partial charge on any atom is -0.383 e. The molecule has 0 aliphatic carbocycles. The van der Waals surface area contributed by atoms with Crippen molar-refractivity contribution in [1.82, 2.24) is 10.6 Å². The second-order valence-corrected chi connectivity index (χ2v) is 5.93. The lowest BCUT2D eigenvalue weighted by Crippen LogP contribution is -2.38. The average Bonchev–Trinajstić information content (AvgIpc) is 2.64.